The second kappa shape index (κ2) is 6.04. The summed E-state index contributed by atoms with van der Waals surface area (Å²) in [5.41, 5.74) is 0.811. The molecule has 18 heavy (non-hydrogen) atoms. The number of benzene rings is 1. The molecule has 0 fully saturated rings. The first-order valence-electron chi connectivity index (χ1n) is 5.36. The van der Waals surface area contributed by atoms with Crippen LogP contribution < -0.4 is 10.1 Å². The summed E-state index contributed by atoms with van der Waals surface area (Å²) in [4.78, 5) is 4.16. The summed E-state index contributed by atoms with van der Waals surface area (Å²) in [5, 5.41) is 13.4. The van der Waals surface area contributed by atoms with E-state index in [2.05, 4.69) is 10.3 Å². The van der Waals surface area contributed by atoms with Gasteiger partial charge in [0.05, 0.1) is 25.6 Å². The van der Waals surface area contributed by atoms with Crippen LogP contribution in [0.2, 0.25) is 4.34 Å². The third-order valence-electron chi connectivity index (χ3n) is 2.41. The van der Waals surface area contributed by atoms with E-state index in [1.165, 1.54) is 11.3 Å². The topological polar surface area (TPSA) is 54.4 Å². The number of nitrogens with zero attached hydrogens (tertiary/aromatic N) is 1. The summed E-state index contributed by atoms with van der Waals surface area (Å²) in [6.07, 6.45) is 1.58. The molecule has 4 nitrogen and oxygen atoms in total. The average Bonchev–Trinajstić information content (AvgIpc) is 2.83. The van der Waals surface area contributed by atoms with E-state index in [4.69, 9.17) is 16.3 Å². The third-order valence-corrected chi connectivity index (χ3v) is 3.64. The zero-order chi connectivity index (χ0) is 13.0. The van der Waals surface area contributed by atoms with E-state index in [9.17, 15) is 5.11 Å². The van der Waals surface area contributed by atoms with Gasteiger partial charge in [-0.3, -0.25) is 0 Å². The minimum Gasteiger partial charge on any atom is -0.495 e. The highest BCUT2D eigenvalue weighted by Crippen LogP contribution is 2.30. The summed E-state index contributed by atoms with van der Waals surface area (Å²) in [6, 6.07) is 7.23. The van der Waals surface area contributed by atoms with Gasteiger partial charge in [0.25, 0.3) is 0 Å². The van der Waals surface area contributed by atoms with Crippen molar-refractivity contribution < 1.29 is 9.84 Å². The van der Waals surface area contributed by atoms with Crippen molar-refractivity contribution in [3.05, 3.63) is 39.8 Å². The molecule has 0 spiro atoms. The number of halogens is 1. The van der Waals surface area contributed by atoms with Crippen molar-refractivity contribution in [3.63, 3.8) is 0 Å². The molecule has 0 radical (unpaired) electrons. The second-order valence-electron chi connectivity index (χ2n) is 3.58. The van der Waals surface area contributed by atoms with Crippen LogP contribution in [-0.4, -0.2) is 23.8 Å². The monoisotopic (exact) mass is 284 g/mol. The van der Waals surface area contributed by atoms with Gasteiger partial charge in [-0.25, -0.2) is 4.98 Å². The lowest BCUT2D eigenvalue weighted by Gasteiger charge is -2.17. The summed E-state index contributed by atoms with van der Waals surface area (Å²) in [7, 11) is 1.61. The molecule has 1 aromatic heterocycles. The first-order valence-corrected chi connectivity index (χ1v) is 6.55. The van der Waals surface area contributed by atoms with Crippen molar-refractivity contribution in [2.45, 2.75) is 6.04 Å². The van der Waals surface area contributed by atoms with Gasteiger partial charge < -0.3 is 15.2 Å². The Bertz CT molecular complexity index is 518. The Morgan fingerprint density at radius 3 is 2.89 bits per heavy atom. The van der Waals surface area contributed by atoms with E-state index in [1.807, 2.05) is 24.3 Å². The predicted octanol–water partition coefficient (Wildman–Crippen LogP) is 2.95. The van der Waals surface area contributed by atoms with Gasteiger partial charge >= 0.3 is 0 Å². The number of para-hydroxylation sites is 2. The molecular formula is C12H13ClN2O2S. The van der Waals surface area contributed by atoms with Gasteiger partial charge in [0.15, 0.2) is 0 Å². The van der Waals surface area contributed by atoms with E-state index in [1.54, 1.807) is 13.3 Å². The molecule has 1 unspecified atom stereocenters. The standard InChI is InChI=1S/C12H13ClN2O2S/c1-17-10-5-3-2-4-8(10)15-9(7-16)12-14-6-11(13)18-12/h2-6,9,15-16H,7H2,1H3. The van der Waals surface area contributed by atoms with Crippen LogP contribution in [0.3, 0.4) is 0 Å². The molecule has 1 heterocycles. The SMILES string of the molecule is COc1ccccc1NC(CO)c1ncc(Cl)s1. The lowest BCUT2D eigenvalue weighted by molar-refractivity contribution is 0.275. The lowest BCUT2D eigenvalue weighted by Crippen LogP contribution is -2.15. The maximum atomic E-state index is 9.43. The molecular weight excluding hydrogens is 272 g/mol. The highest BCUT2D eigenvalue weighted by molar-refractivity contribution is 7.15. The molecule has 0 aliphatic heterocycles. The largest absolute Gasteiger partial charge is 0.495 e. The van der Waals surface area contributed by atoms with Crippen LogP contribution in [0.1, 0.15) is 11.0 Å². The van der Waals surface area contributed by atoms with E-state index in [0.29, 0.717) is 4.34 Å². The average molecular weight is 285 g/mol. The molecule has 2 N–H and O–H groups in total. The van der Waals surface area contributed by atoms with Crippen LogP contribution in [0.5, 0.6) is 5.75 Å². The fraction of sp³-hybridized carbons (Fsp3) is 0.250. The molecule has 0 aliphatic carbocycles. The highest BCUT2D eigenvalue weighted by atomic mass is 35.5. The quantitative estimate of drug-likeness (QED) is 0.886. The molecule has 2 aromatic rings. The summed E-state index contributed by atoms with van der Waals surface area (Å²) in [6.45, 7) is -0.0676. The van der Waals surface area contributed by atoms with Gasteiger partial charge in [-0.1, -0.05) is 23.7 Å². The second-order valence-corrected chi connectivity index (χ2v) is 5.28. The Morgan fingerprint density at radius 2 is 2.28 bits per heavy atom. The van der Waals surface area contributed by atoms with Crippen LogP contribution in [0.25, 0.3) is 0 Å². The molecule has 0 bridgehead atoms. The number of methoxy groups -OCH3 is 1. The first-order chi connectivity index (χ1) is 8.74. The normalized spacial score (nSPS) is 12.2. The minimum absolute atomic E-state index is 0.0676. The Hall–Kier alpha value is -1.30. The molecule has 0 saturated carbocycles. The van der Waals surface area contributed by atoms with Crippen molar-refractivity contribution >= 4 is 28.6 Å². The molecule has 0 aliphatic rings. The Kier molecular flexibility index (Phi) is 4.41. The number of aliphatic hydroxyl groups excluding tert-OH is 1. The van der Waals surface area contributed by atoms with Crippen molar-refractivity contribution in [2.75, 3.05) is 19.0 Å². The molecule has 0 saturated heterocycles. The minimum atomic E-state index is -0.293. The molecule has 1 atom stereocenters. The summed E-state index contributed by atoms with van der Waals surface area (Å²) >= 11 is 7.19. The van der Waals surface area contributed by atoms with Gasteiger partial charge in [-0.05, 0) is 12.1 Å². The zero-order valence-corrected chi connectivity index (χ0v) is 11.3. The molecule has 96 valence electrons. The van der Waals surface area contributed by atoms with Crippen molar-refractivity contribution in [2.24, 2.45) is 0 Å². The van der Waals surface area contributed by atoms with Crippen LogP contribution in [0.15, 0.2) is 30.5 Å². The van der Waals surface area contributed by atoms with Gasteiger partial charge in [0.1, 0.15) is 21.1 Å². The van der Waals surface area contributed by atoms with Gasteiger partial charge in [-0.15, -0.1) is 11.3 Å². The Labute approximate surface area is 114 Å². The zero-order valence-electron chi connectivity index (χ0n) is 9.76. The summed E-state index contributed by atoms with van der Waals surface area (Å²) in [5.74, 6) is 0.721. The maximum Gasteiger partial charge on any atom is 0.141 e. The third kappa shape index (κ3) is 2.93. The van der Waals surface area contributed by atoms with Gasteiger partial charge in [0, 0.05) is 0 Å². The fourth-order valence-corrected chi connectivity index (χ4v) is 2.54. The number of aliphatic hydroxyl groups is 1. The molecule has 6 heteroatoms. The number of nitrogens with one attached hydrogen (secondary N) is 1. The van der Waals surface area contributed by atoms with Crippen LogP contribution >= 0.6 is 22.9 Å². The van der Waals surface area contributed by atoms with Crippen molar-refractivity contribution in [3.8, 4) is 5.75 Å². The number of rotatable bonds is 5. The number of aromatic nitrogens is 1. The van der Waals surface area contributed by atoms with Crippen molar-refractivity contribution in [1.82, 2.24) is 4.98 Å². The van der Waals surface area contributed by atoms with E-state index < -0.39 is 0 Å². The van der Waals surface area contributed by atoms with E-state index >= 15 is 0 Å². The number of ether oxygens (including phenoxy) is 1. The Morgan fingerprint density at radius 1 is 1.50 bits per heavy atom. The van der Waals surface area contributed by atoms with Gasteiger partial charge in [0.2, 0.25) is 0 Å². The maximum absolute atomic E-state index is 9.43. The van der Waals surface area contributed by atoms with Crippen molar-refractivity contribution in [1.29, 1.82) is 0 Å². The number of hydrogen-bond acceptors (Lipinski definition) is 5. The number of hydrogen-bond donors (Lipinski definition) is 2. The Balaban J connectivity index is 2.20. The van der Waals surface area contributed by atoms with Crippen LogP contribution in [0.4, 0.5) is 5.69 Å². The van der Waals surface area contributed by atoms with Crippen LogP contribution in [-0.2, 0) is 0 Å². The molecule has 1 aromatic carbocycles. The van der Waals surface area contributed by atoms with E-state index in [0.717, 1.165) is 16.4 Å². The smallest absolute Gasteiger partial charge is 0.141 e. The lowest BCUT2D eigenvalue weighted by atomic mass is 10.2. The highest BCUT2D eigenvalue weighted by Gasteiger charge is 2.15. The predicted molar refractivity (Wildman–Crippen MR) is 73.6 cm³/mol. The van der Waals surface area contributed by atoms with E-state index in [-0.39, 0.29) is 12.6 Å². The van der Waals surface area contributed by atoms with Crippen LogP contribution in [0, 0.1) is 0 Å². The molecule has 2 rings (SSSR count). The molecule has 0 amide bonds. The number of anilines is 1. The fourth-order valence-electron chi connectivity index (χ4n) is 1.57. The number of thiazole rings is 1. The first kappa shape index (κ1) is 13.1. The summed E-state index contributed by atoms with van der Waals surface area (Å²) < 4.78 is 5.85. The van der Waals surface area contributed by atoms with Gasteiger partial charge in [-0.2, -0.15) is 0 Å².